The molecule has 1 aliphatic heterocycles. The fraction of sp³-hybridized carbons (Fsp3) is 0.438. The average molecular weight is 271 g/mol. The molecular formula is C16H21N3O. The SMILES string of the molecule is Cc1ccc(C#CCN)cc1C(=O)NN1CCCCC1. The highest BCUT2D eigenvalue weighted by molar-refractivity contribution is 5.95. The molecule has 1 heterocycles. The summed E-state index contributed by atoms with van der Waals surface area (Å²) in [6, 6.07) is 5.67. The highest BCUT2D eigenvalue weighted by atomic mass is 16.2. The molecule has 4 nitrogen and oxygen atoms in total. The van der Waals surface area contributed by atoms with E-state index in [-0.39, 0.29) is 5.91 Å². The Morgan fingerprint density at radius 1 is 1.35 bits per heavy atom. The first kappa shape index (κ1) is 14.6. The van der Waals surface area contributed by atoms with Crippen LogP contribution in [0.5, 0.6) is 0 Å². The second kappa shape index (κ2) is 7.09. The van der Waals surface area contributed by atoms with E-state index in [1.165, 1.54) is 6.42 Å². The number of rotatable bonds is 2. The maximum Gasteiger partial charge on any atom is 0.265 e. The third-order valence-electron chi connectivity index (χ3n) is 3.43. The van der Waals surface area contributed by atoms with Gasteiger partial charge in [0.25, 0.3) is 5.91 Å². The molecule has 1 aliphatic rings. The molecule has 0 spiro atoms. The van der Waals surface area contributed by atoms with Gasteiger partial charge < -0.3 is 5.73 Å². The number of nitrogens with zero attached hydrogens (tertiary/aromatic N) is 1. The Morgan fingerprint density at radius 2 is 2.10 bits per heavy atom. The van der Waals surface area contributed by atoms with E-state index in [4.69, 9.17) is 5.73 Å². The zero-order chi connectivity index (χ0) is 14.4. The molecule has 0 unspecified atom stereocenters. The first-order valence-electron chi connectivity index (χ1n) is 7.06. The number of aryl methyl sites for hydroxylation is 1. The van der Waals surface area contributed by atoms with Crippen molar-refractivity contribution in [2.24, 2.45) is 5.73 Å². The topological polar surface area (TPSA) is 58.4 Å². The van der Waals surface area contributed by atoms with Gasteiger partial charge in [-0.05, 0) is 37.5 Å². The van der Waals surface area contributed by atoms with Crippen LogP contribution in [0.25, 0.3) is 0 Å². The minimum Gasteiger partial charge on any atom is -0.320 e. The Hall–Kier alpha value is -1.83. The smallest absolute Gasteiger partial charge is 0.265 e. The molecule has 4 heteroatoms. The van der Waals surface area contributed by atoms with Crippen molar-refractivity contribution in [1.29, 1.82) is 0 Å². The number of nitrogens with two attached hydrogens (primary N) is 1. The van der Waals surface area contributed by atoms with Gasteiger partial charge in [0, 0.05) is 24.2 Å². The van der Waals surface area contributed by atoms with E-state index in [0.29, 0.717) is 12.1 Å². The molecule has 1 fully saturated rings. The van der Waals surface area contributed by atoms with Crippen LogP contribution in [-0.2, 0) is 0 Å². The third kappa shape index (κ3) is 3.83. The van der Waals surface area contributed by atoms with Crippen molar-refractivity contribution in [2.75, 3.05) is 19.6 Å². The number of carbonyl (C=O) groups is 1. The van der Waals surface area contributed by atoms with Crippen LogP contribution in [0.4, 0.5) is 0 Å². The van der Waals surface area contributed by atoms with Gasteiger partial charge in [0.15, 0.2) is 0 Å². The summed E-state index contributed by atoms with van der Waals surface area (Å²) in [7, 11) is 0. The van der Waals surface area contributed by atoms with Crippen molar-refractivity contribution < 1.29 is 4.79 Å². The molecule has 1 amide bonds. The maximum absolute atomic E-state index is 12.3. The quantitative estimate of drug-likeness (QED) is 0.800. The minimum absolute atomic E-state index is 0.0548. The molecule has 0 aliphatic carbocycles. The molecule has 0 radical (unpaired) electrons. The predicted octanol–water partition coefficient (Wildman–Crippen LogP) is 1.44. The van der Waals surface area contributed by atoms with Crippen LogP contribution in [0.1, 0.15) is 40.7 Å². The lowest BCUT2D eigenvalue weighted by molar-refractivity contribution is 0.0749. The number of hydrazine groups is 1. The Kier molecular flexibility index (Phi) is 5.16. The van der Waals surface area contributed by atoms with Crippen molar-refractivity contribution in [3.63, 3.8) is 0 Å². The van der Waals surface area contributed by atoms with E-state index in [9.17, 15) is 4.79 Å². The summed E-state index contributed by atoms with van der Waals surface area (Å²) in [5.41, 5.74) is 10.8. The zero-order valence-corrected chi connectivity index (χ0v) is 11.9. The fourth-order valence-corrected chi connectivity index (χ4v) is 2.31. The Morgan fingerprint density at radius 3 is 2.80 bits per heavy atom. The van der Waals surface area contributed by atoms with Gasteiger partial charge in [0.2, 0.25) is 0 Å². The third-order valence-corrected chi connectivity index (χ3v) is 3.43. The van der Waals surface area contributed by atoms with Crippen molar-refractivity contribution in [3.05, 3.63) is 34.9 Å². The Bertz CT molecular complexity index is 536. The number of piperidine rings is 1. The van der Waals surface area contributed by atoms with E-state index < -0.39 is 0 Å². The average Bonchev–Trinajstić information content (AvgIpc) is 2.47. The molecule has 2 rings (SSSR count). The molecule has 0 bridgehead atoms. The van der Waals surface area contributed by atoms with Crippen LogP contribution in [-0.4, -0.2) is 30.6 Å². The molecule has 3 N–H and O–H groups in total. The van der Waals surface area contributed by atoms with Gasteiger partial charge in [-0.1, -0.05) is 24.3 Å². The van der Waals surface area contributed by atoms with Crippen molar-refractivity contribution in [2.45, 2.75) is 26.2 Å². The van der Waals surface area contributed by atoms with Crippen molar-refractivity contribution >= 4 is 5.91 Å². The summed E-state index contributed by atoms with van der Waals surface area (Å²) in [5, 5.41) is 2.00. The minimum atomic E-state index is -0.0548. The van der Waals surface area contributed by atoms with E-state index in [1.54, 1.807) is 0 Å². The van der Waals surface area contributed by atoms with Gasteiger partial charge >= 0.3 is 0 Å². The van der Waals surface area contributed by atoms with E-state index in [2.05, 4.69) is 17.3 Å². The highest BCUT2D eigenvalue weighted by Gasteiger charge is 2.15. The first-order valence-corrected chi connectivity index (χ1v) is 7.06. The largest absolute Gasteiger partial charge is 0.320 e. The van der Waals surface area contributed by atoms with Gasteiger partial charge in [-0.15, -0.1) is 0 Å². The van der Waals surface area contributed by atoms with Crippen molar-refractivity contribution in [1.82, 2.24) is 10.4 Å². The monoisotopic (exact) mass is 271 g/mol. The van der Waals surface area contributed by atoms with Crippen molar-refractivity contribution in [3.8, 4) is 11.8 Å². The second-order valence-electron chi connectivity index (χ2n) is 5.02. The second-order valence-corrected chi connectivity index (χ2v) is 5.02. The van der Waals surface area contributed by atoms with E-state index in [0.717, 1.165) is 37.1 Å². The summed E-state index contributed by atoms with van der Waals surface area (Å²) in [6.07, 6.45) is 3.53. The molecule has 0 saturated carbocycles. The molecule has 1 saturated heterocycles. The van der Waals surface area contributed by atoms with Gasteiger partial charge in [-0.3, -0.25) is 10.2 Å². The van der Waals surface area contributed by atoms with Crippen LogP contribution in [0.2, 0.25) is 0 Å². The van der Waals surface area contributed by atoms with Crippen LogP contribution in [0, 0.1) is 18.8 Å². The molecular weight excluding hydrogens is 250 g/mol. The number of benzene rings is 1. The summed E-state index contributed by atoms with van der Waals surface area (Å²) in [6.45, 7) is 4.11. The number of nitrogens with one attached hydrogen (secondary N) is 1. The number of amides is 1. The Labute approximate surface area is 120 Å². The van der Waals surface area contributed by atoms with Crippen LogP contribution >= 0.6 is 0 Å². The molecule has 0 atom stereocenters. The normalized spacial score (nSPS) is 15.3. The lowest BCUT2D eigenvalue weighted by Crippen LogP contribution is -2.45. The first-order chi connectivity index (χ1) is 9.70. The molecule has 1 aromatic carbocycles. The van der Waals surface area contributed by atoms with Gasteiger partial charge in [0.1, 0.15) is 0 Å². The van der Waals surface area contributed by atoms with E-state index in [1.807, 2.05) is 30.1 Å². The number of carbonyl (C=O) groups excluding carboxylic acids is 1. The fourth-order valence-electron chi connectivity index (χ4n) is 2.31. The summed E-state index contributed by atoms with van der Waals surface area (Å²) in [5.74, 6) is 5.71. The number of hydrogen-bond acceptors (Lipinski definition) is 3. The van der Waals surface area contributed by atoms with Gasteiger partial charge in [-0.2, -0.15) is 0 Å². The molecule has 0 aromatic heterocycles. The van der Waals surface area contributed by atoms with Gasteiger partial charge in [0.05, 0.1) is 6.54 Å². The molecule has 20 heavy (non-hydrogen) atoms. The standard InChI is InChI=1S/C16H21N3O/c1-13-7-8-14(6-5-9-17)12-15(13)16(20)18-19-10-3-2-4-11-19/h7-8,12H,2-4,9-11,17H2,1H3,(H,18,20). The molecule has 1 aromatic rings. The predicted molar refractivity (Wildman–Crippen MR) is 80.0 cm³/mol. The van der Waals surface area contributed by atoms with Gasteiger partial charge in [-0.25, -0.2) is 5.01 Å². The Balaban J connectivity index is 2.11. The van der Waals surface area contributed by atoms with E-state index >= 15 is 0 Å². The lowest BCUT2D eigenvalue weighted by Gasteiger charge is -2.27. The summed E-state index contributed by atoms with van der Waals surface area (Å²) < 4.78 is 0. The number of hydrogen-bond donors (Lipinski definition) is 2. The summed E-state index contributed by atoms with van der Waals surface area (Å²) in [4.78, 5) is 12.3. The maximum atomic E-state index is 12.3. The molecule has 106 valence electrons. The van der Waals surface area contributed by atoms with Crippen LogP contribution in [0.15, 0.2) is 18.2 Å². The van der Waals surface area contributed by atoms with Crippen LogP contribution in [0.3, 0.4) is 0 Å². The zero-order valence-electron chi connectivity index (χ0n) is 11.9. The van der Waals surface area contributed by atoms with Crippen LogP contribution < -0.4 is 11.2 Å². The highest BCUT2D eigenvalue weighted by Crippen LogP contribution is 2.12. The summed E-state index contributed by atoms with van der Waals surface area (Å²) >= 11 is 0. The lowest BCUT2D eigenvalue weighted by atomic mass is 10.0.